The Morgan fingerprint density at radius 1 is 1.35 bits per heavy atom. The number of nitro groups is 2. The molecule has 1 aliphatic rings. The van der Waals surface area contributed by atoms with Crippen molar-refractivity contribution in [2.24, 2.45) is 0 Å². The van der Waals surface area contributed by atoms with Crippen LogP contribution in [0.5, 0.6) is 0 Å². The van der Waals surface area contributed by atoms with Crippen LogP contribution < -0.4 is 0 Å². The van der Waals surface area contributed by atoms with Crippen LogP contribution in [0.1, 0.15) is 6.42 Å². The molecule has 1 atom stereocenters. The molecule has 0 bridgehead atoms. The molecule has 10 heteroatoms. The molecule has 0 aromatic rings. The van der Waals surface area contributed by atoms with Crippen LogP contribution in [0.2, 0.25) is 0 Å². The lowest BCUT2D eigenvalue weighted by Gasteiger charge is -2.04. The SMILES string of the molecule is O=C(OCCC([N+](=O)[O-])[N+](=O)[O-])OCC1CO1. The Kier molecular flexibility index (Phi) is 4.57. The van der Waals surface area contributed by atoms with Gasteiger partial charge in [0, 0.05) is 0 Å². The lowest BCUT2D eigenvalue weighted by Crippen LogP contribution is -2.30. The molecular weight excluding hydrogens is 240 g/mol. The molecule has 0 aliphatic carbocycles. The third-order valence-electron chi connectivity index (χ3n) is 1.87. The van der Waals surface area contributed by atoms with E-state index in [-0.39, 0.29) is 12.7 Å². The number of hydrogen-bond donors (Lipinski definition) is 0. The van der Waals surface area contributed by atoms with Crippen molar-refractivity contribution >= 4 is 6.16 Å². The average Bonchev–Trinajstić information content (AvgIpc) is 3.04. The maximum absolute atomic E-state index is 10.9. The number of epoxide rings is 1. The van der Waals surface area contributed by atoms with Crippen LogP contribution in [0.4, 0.5) is 4.79 Å². The first kappa shape index (κ1) is 13.1. The van der Waals surface area contributed by atoms with Crippen molar-refractivity contribution in [3.8, 4) is 0 Å². The van der Waals surface area contributed by atoms with E-state index in [1.54, 1.807) is 0 Å². The molecule has 1 fully saturated rings. The molecule has 0 spiro atoms. The van der Waals surface area contributed by atoms with Crippen LogP contribution in [0.15, 0.2) is 0 Å². The Balaban J connectivity index is 2.13. The van der Waals surface area contributed by atoms with Gasteiger partial charge in [0.2, 0.25) is 0 Å². The minimum atomic E-state index is -1.98. The summed E-state index contributed by atoms with van der Waals surface area (Å²) in [6, 6.07) is 0. The third kappa shape index (κ3) is 5.06. The van der Waals surface area contributed by atoms with Crippen molar-refractivity contribution < 1.29 is 28.9 Å². The van der Waals surface area contributed by atoms with E-state index in [1.165, 1.54) is 0 Å². The topological polar surface area (TPSA) is 134 Å². The fourth-order valence-electron chi connectivity index (χ4n) is 0.902. The quantitative estimate of drug-likeness (QED) is 0.199. The smallest absolute Gasteiger partial charge is 0.434 e. The lowest BCUT2D eigenvalue weighted by atomic mass is 10.4. The van der Waals surface area contributed by atoms with Gasteiger partial charge in [-0.1, -0.05) is 0 Å². The lowest BCUT2D eigenvalue weighted by molar-refractivity contribution is -0.743. The number of carbonyl (C=O) groups excluding carboxylic acids is 1. The molecule has 0 saturated carbocycles. The maximum Gasteiger partial charge on any atom is 0.508 e. The predicted molar refractivity (Wildman–Crippen MR) is 49.4 cm³/mol. The molecule has 0 radical (unpaired) electrons. The number of hydrogen-bond acceptors (Lipinski definition) is 8. The molecule has 1 unspecified atom stereocenters. The highest BCUT2D eigenvalue weighted by Crippen LogP contribution is 2.09. The summed E-state index contributed by atoms with van der Waals surface area (Å²) in [6.45, 7) is 0.113. The summed E-state index contributed by atoms with van der Waals surface area (Å²) in [5.74, 6) is 0. The van der Waals surface area contributed by atoms with Gasteiger partial charge in [-0.15, -0.1) is 0 Å². The van der Waals surface area contributed by atoms with E-state index in [4.69, 9.17) is 4.74 Å². The van der Waals surface area contributed by atoms with Gasteiger partial charge < -0.3 is 14.2 Å². The molecule has 17 heavy (non-hydrogen) atoms. The van der Waals surface area contributed by atoms with Gasteiger partial charge >= 0.3 is 12.3 Å². The highest BCUT2D eigenvalue weighted by atomic mass is 16.7. The van der Waals surface area contributed by atoms with E-state index in [0.717, 1.165) is 0 Å². The summed E-state index contributed by atoms with van der Waals surface area (Å²) in [5.41, 5.74) is 0. The number of nitrogens with zero attached hydrogens (tertiary/aromatic N) is 2. The van der Waals surface area contributed by atoms with E-state index < -0.39 is 35.2 Å². The maximum atomic E-state index is 10.9. The molecule has 96 valence electrons. The first-order valence-corrected chi connectivity index (χ1v) is 4.69. The van der Waals surface area contributed by atoms with Gasteiger partial charge in [0.25, 0.3) is 0 Å². The van der Waals surface area contributed by atoms with Crippen LogP contribution in [0.25, 0.3) is 0 Å². The van der Waals surface area contributed by atoms with E-state index in [0.29, 0.717) is 6.61 Å². The zero-order chi connectivity index (χ0) is 12.8. The number of ether oxygens (including phenoxy) is 3. The van der Waals surface area contributed by atoms with Gasteiger partial charge in [0.15, 0.2) is 0 Å². The van der Waals surface area contributed by atoms with Crippen molar-refractivity contribution in [3.63, 3.8) is 0 Å². The molecule has 0 N–H and O–H groups in total. The molecule has 1 aliphatic heterocycles. The zero-order valence-electron chi connectivity index (χ0n) is 8.64. The Morgan fingerprint density at radius 2 is 1.94 bits per heavy atom. The normalized spacial score (nSPS) is 17.6. The minimum absolute atomic E-state index is 0.0483. The molecule has 0 aromatic carbocycles. The highest BCUT2D eigenvalue weighted by molar-refractivity contribution is 5.59. The Morgan fingerprint density at radius 3 is 2.41 bits per heavy atom. The monoisotopic (exact) mass is 250 g/mol. The van der Waals surface area contributed by atoms with Crippen LogP contribution in [0, 0.1) is 20.2 Å². The summed E-state index contributed by atoms with van der Waals surface area (Å²) >= 11 is 0. The van der Waals surface area contributed by atoms with E-state index in [1.807, 2.05) is 0 Å². The van der Waals surface area contributed by atoms with Crippen molar-refractivity contribution in [2.45, 2.75) is 18.7 Å². The first-order chi connectivity index (χ1) is 8.00. The molecule has 1 saturated heterocycles. The van der Waals surface area contributed by atoms with Crippen molar-refractivity contribution in [1.29, 1.82) is 0 Å². The summed E-state index contributed by atoms with van der Waals surface area (Å²) in [7, 11) is 0. The number of carbonyl (C=O) groups is 1. The van der Waals surface area contributed by atoms with Crippen LogP contribution in [-0.2, 0) is 14.2 Å². The standard InChI is InChI=1S/C7H10N2O8/c10-7(17-4-5-3-16-5)15-2-1-6(8(11)12)9(13)14/h5-6H,1-4H2. The zero-order valence-corrected chi connectivity index (χ0v) is 8.64. The average molecular weight is 250 g/mol. The summed E-state index contributed by atoms with van der Waals surface area (Å²) in [6.07, 6.45) is -3.62. The van der Waals surface area contributed by atoms with E-state index in [2.05, 4.69) is 9.47 Å². The van der Waals surface area contributed by atoms with Gasteiger partial charge in [-0.25, -0.2) is 4.79 Å². The van der Waals surface area contributed by atoms with Crippen LogP contribution in [0.3, 0.4) is 0 Å². The molecular formula is C7H10N2O8. The molecule has 10 nitrogen and oxygen atoms in total. The Labute approximate surface area is 94.7 Å². The van der Waals surface area contributed by atoms with Gasteiger partial charge in [-0.05, 0) is 0 Å². The predicted octanol–water partition coefficient (Wildman–Crippen LogP) is -0.192. The second-order valence-electron chi connectivity index (χ2n) is 3.20. The highest BCUT2D eigenvalue weighted by Gasteiger charge is 2.32. The van der Waals surface area contributed by atoms with Crippen molar-refractivity contribution in [3.05, 3.63) is 20.2 Å². The first-order valence-electron chi connectivity index (χ1n) is 4.69. The number of rotatable bonds is 7. The second kappa shape index (κ2) is 5.94. The second-order valence-corrected chi connectivity index (χ2v) is 3.20. The van der Waals surface area contributed by atoms with E-state index in [9.17, 15) is 25.0 Å². The van der Waals surface area contributed by atoms with E-state index >= 15 is 0 Å². The van der Waals surface area contributed by atoms with Crippen LogP contribution in [-0.4, -0.2) is 48.1 Å². The molecule has 1 rings (SSSR count). The molecule has 0 aromatic heterocycles. The van der Waals surface area contributed by atoms with Gasteiger partial charge in [0.1, 0.15) is 25.7 Å². The van der Waals surface area contributed by atoms with Gasteiger partial charge in [-0.3, -0.25) is 20.2 Å². The summed E-state index contributed by atoms with van der Waals surface area (Å²) in [4.78, 5) is 29.2. The summed E-state index contributed by atoms with van der Waals surface area (Å²) in [5, 5.41) is 20.4. The van der Waals surface area contributed by atoms with Gasteiger partial charge in [-0.2, -0.15) is 0 Å². The minimum Gasteiger partial charge on any atom is -0.434 e. The Bertz CT molecular complexity index is 301. The fraction of sp³-hybridized carbons (Fsp3) is 0.857. The largest absolute Gasteiger partial charge is 0.508 e. The fourth-order valence-corrected chi connectivity index (χ4v) is 0.902. The van der Waals surface area contributed by atoms with Crippen molar-refractivity contribution in [1.82, 2.24) is 0 Å². The van der Waals surface area contributed by atoms with Crippen LogP contribution >= 0.6 is 0 Å². The Hall–Kier alpha value is -1.97. The van der Waals surface area contributed by atoms with Gasteiger partial charge in [0.05, 0.1) is 16.5 Å². The summed E-state index contributed by atoms with van der Waals surface area (Å²) < 4.78 is 13.7. The third-order valence-corrected chi connectivity index (χ3v) is 1.87. The molecule has 1 heterocycles. The van der Waals surface area contributed by atoms with Crippen molar-refractivity contribution in [2.75, 3.05) is 19.8 Å². The molecule has 0 amide bonds.